The molecule has 1 N–H and O–H groups in total. The molecule has 2 aromatic heterocycles. The van der Waals surface area contributed by atoms with Crippen molar-refractivity contribution in [3.05, 3.63) is 41.2 Å². The van der Waals surface area contributed by atoms with Gasteiger partial charge in [-0.15, -0.1) is 11.3 Å². The van der Waals surface area contributed by atoms with Gasteiger partial charge in [0.2, 0.25) is 0 Å². The van der Waals surface area contributed by atoms with Crippen LogP contribution in [0.3, 0.4) is 0 Å². The summed E-state index contributed by atoms with van der Waals surface area (Å²) in [6.07, 6.45) is 3.49. The molecule has 18 heavy (non-hydrogen) atoms. The quantitative estimate of drug-likeness (QED) is 0.896. The molecular formula is C12H13N3O2S. The number of hydrogen-bond donors (Lipinski definition) is 1. The molecule has 0 atom stereocenters. The first-order valence-corrected chi connectivity index (χ1v) is 6.41. The lowest BCUT2D eigenvalue weighted by molar-refractivity contribution is 0.0691. The van der Waals surface area contributed by atoms with E-state index in [0.717, 1.165) is 17.2 Å². The Morgan fingerprint density at radius 3 is 2.72 bits per heavy atom. The minimum Gasteiger partial charge on any atom is -0.476 e. The molecule has 0 amide bonds. The predicted molar refractivity (Wildman–Crippen MR) is 70.0 cm³/mol. The van der Waals surface area contributed by atoms with Gasteiger partial charge in [0.1, 0.15) is 0 Å². The van der Waals surface area contributed by atoms with E-state index < -0.39 is 5.97 Å². The van der Waals surface area contributed by atoms with Crippen molar-refractivity contribution in [2.45, 2.75) is 13.5 Å². The fourth-order valence-corrected chi connectivity index (χ4v) is 2.40. The number of nitrogens with zero attached hydrogens (tertiary/aromatic N) is 3. The van der Waals surface area contributed by atoms with Crippen LogP contribution in [0.4, 0.5) is 5.13 Å². The second-order valence-electron chi connectivity index (χ2n) is 3.69. The number of pyridine rings is 1. The number of rotatable bonds is 5. The van der Waals surface area contributed by atoms with Crippen LogP contribution in [0.5, 0.6) is 0 Å². The number of aromatic nitrogens is 2. The molecule has 0 aliphatic rings. The van der Waals surface area contributed by atoms with Crippen molar-refractivity contribution in [1.82, 2.24) is 9.97 Å². The second kappa shape index (κ2) is 5.59. The Hall–Kier alpha value is -1.95. The highest BCUT2D eigenvalue weighted by molar-refractivity contribution is 7.13. The van der Waals surface area contributed by atoms with Crippen molar-refractivity contribution in [3.63, 3.8) is 0 Å². The summed E-state index contributed by atoms with van der Waals surface area (Å²) in [7, 11) is 0. The Labute approximate surface area is 109 Å². The first kappa shape index (κ1) is 12.5. The largest absolute Gasteiger partial charge is 0.476 e. The molecule has 0 radical (unpaired) electrons. The van der Waals surface area contributed by atoms with Crippen molar-refractivity contribution in [3.8, 4) is 0 Å². The number of anilines is 1. The summed E-state index contributed by atoms with van der Waals surface area (Å²) in [5, 5.41) is 11.2. The van der Waals surface area contributed by atoms with Crippen LogP contribution in [0.15, 0.2) is 29.9 Å². The van der Waals surface area contributed by atoms with Gasteiger partial charge in [-0.2, -0.15) is 0 Å². The van der Waals surface area contributed by atoms with E-state index in [9.17, 15) is 4.79 Å². The Morgan fingerprint density at radius 1 is 1.44 bits per heavy atom. The summed E-state index contributed by atoms with van der Waals surface area (Å²) >= 11 is 1.35. The molecule has 0 bridgehead atoms. The molecule has 2 rings (SSSR count). The van der Waals surface area contributed by atoms with Crippen LogP contribution in [0, 0.1) is 0 Å². The lowest BCUT2D eigenvalue weighted by atomic mass is 10.2. The van der Waals surface area contributed by atoms with Gasteiger partial charge in [-0.25, -0.2) is 9.78 Å². The molecule has 0 aliphatic carbocycles. The SMILES string of the molecule is CCN(Cc1ccncc1)c1nc(C(=O)O)cs1. The molecule has 0 aromatic carbocycles. The highest BCUT2D eigenvalue weighted by Crippen LogP contribution is 2.22. The smallest absolute Gasteiger partial charge is 0.355 e. The molecule has 0 unspecified atom stereocenters. The Bertz CT molecular complexity index is 527. The standard InChI is InChI=1S/C12H13N3O2S/c1-2-15(7-9-3-5-13-6-4-9)12-14-10(8-18-12)11(16)17/h3-6,8H,2,7H2,1H3,(H,16,17). The highest BCUT2D eigenvalue weighted by atomic mass is 32.1. The fraction of sp³-hybridized carbons (Fsp3) is 0.250. The zero-order valence-electron chi connectivity index (χ0n) is 9.91. The van der Waals surface area contributed by atoms with Gasteiger partial charge in [0.15, 0.2) is 10.8 Å². The Morgan fingerprint density at radius 2 is 2.17 bits per heavy atom. The average molecular weight is 263 g/mol. The van der Waals surface area contributed by atoms with Gasteiger partial charge in [0.25, 0.3) is 0 Å². The predicted octanol–water partition coefficient (Wildman–Crippen LogP) is 2.26. The normalized spacial score (nSPS) is 10.3. The van der Waals surface area contributed by atoms with E-state index in [1.165, 1.54) is 11.3 Å². The lowest BCUT2D eigenvalue weighted by Crippen LogP contribution is -2.22. The third-order valence-electron chi connectivity index (χ3n) is 2.49. The van der Waals surface area contributed by atoms with Crippen LogP contribution in [0.25, 0.3) is 0 Å². The number of carboxylic acids is 1. The van der Waals surface area contributed by atoms with Crippen LogP contribution in [0.2, 0.25) is 0 Å². The van der Waals surface area contributed by atoms with E-state index >= 15 is 0 Å². The maximum atomic E-state index is 10.8. The molecule has 0 aliphatic heterocycles. The van der Waals surface area contributed by atoms with Gasteiger partial charge in [-0.05, 0) is 24.6 Å². The van der Waals surface area contributed by atoms with Gasteiger partial charge < -0.3 is 10.0 Å². The van der Waals surface area contributed by atoms with E-state index in [-0.39, 0.29) is 5.69 Å². The monoisotopic (exact) mass is 263 g/mol. The van der Waals surface area contributed by atoms with Crippen molar-refractivity contribution in [2.75, 3.05) is 11.4 Å². The third-order valence-corrected chi connectivity index (χ3v) is 3.39. The minimum atomic E-state index is -0.988. The topological polar surface area (TPSA) is 66.3 Å². The molecule has 5 nitrogen and oxygen atoms in total. The van der Waals surface area contributed by atoms with Gasteiger partial charge in [0.05, 0.1) is 0 Å². The minimum absolute atomic E-state index is 0.100. The van der Waals surface area contributed by atoms with Crippen LogP contribution in [0.1, 0.15) is 23.0 Å². The van der Waals surface area contributed by atoms with E-state index in [0.29, 0.717) is 6.54 Å². The summed E-state index contributed by atoms with van der Waals surface area (Å²) in [6, 6.07) is 3.88. The van der Waals surface area contributed by atoms with Gasteiger partial charge >= 0.3 is 5.97 Å². The number of carboxylic acid groups (broad SMARTS) is 1. The van der Waals surface area contributed by atoms with E-state index in [2.05, 4.69) is 9.97 Å². The molecule has 2 aromatic rings. The number of aromatic carboxylic acids is 1. The third kappa shape index (κ3) is 2.84. The number of carbonyl (C=O) groups is 1. The van der Waals surface area contributed by atoms with Gasteiger partial charge in [0, 0.05) is 30.9 Å². The summed E-state index contributed by atoms with van der Waals surface area (Å²) < 4.78 is 0. The van der Waals surface area contributed by atoms with Gasteiger partial charge in [-0.3, -0.25) is 4.98 Å². The molecule has 6 heteroatoms. The Balaban J connectivity index is 2.15. The number of hydrogen-bond acceptors (Lipinski definition) is 5. The Kier molecular flexibility index (Phi) is 3.88. The van der Waals surface area contributed by atoms with Crippen molar-refractivity contribution in [2.24, 2.45) is 0 Å². The van der Waals surface area contributed by atoms with Crippen LogP contribution >= 0.6 is 11.3 Å². The lowest BCUT2D eigenvalue weighted by Gasteiger charge is -2.19. The first-order valence-electron chi connectivity index (χ1n) is 5.53. The van der Waals surface area contributed by atoms with Crippen LogP contribution in [-0.2, 0) is 6.54 Å². The van der Waals surface area contributed by atoms with Crippen LogP contribution in [-0.4, -0.2) is 27.6 Å². The summed E-state index contributed by atoms with van der Waals surface area (Å²) in [6.45, 7) is 3.49. The molecule has 94 valence electrons. The first-order chi connectivity index (χ1) is 8.70. The van der Waals surface area contributed by atoms with Crippen molar-refractivity contribution in [1.29, 1.82) is 0 Å². The average Bonchev–Trinajstić information content (AvgIpc) is 2.87. The van der Waals surface area contributed by atoms with Gasteiger partial charge in [-0.1, -0.05) is 0 Å². The van der Waals surface area contributed by atoms with Crippen molar-refractivity contribution >= 4 is 22.4 Å². The van der Waals surface area contributed by atoms with E-state index in [1.54, 1.807) is 17.8 Å². The number of thiazole rings is 1. The van der Waals surface area contributed by atoms with Crippen molar-refractivity contribution < 1.29 is 9.90 Å². The van der Waals surface area contributed by atoms with E-state index in [1.807, 2.05) is 24.0 Å². The molecule has 2 heterocycles. The maximum Gasteiger partial charge on any atom is 0.355 e. The highest BCUT2D eigenvalue weighted by Gasteiger charge is 2.13. The fourth-order valence-electron chi connectivity index (χ4n) is 1.53. The molecule has 0 saturated heterocycles. The zero-order chi connectivity index (χ0) is 13.0. The summed E-state index contributed by atoms with van der Waals surface area (Å²) in [5.74, 6) is -0.988. The second-order valence-corrected chi connectivity index (χ2v) is 4.53. The molecule has 0 fully saturated rings. The summed E-state index contributed by atoms with van der Waals surface area (Å²) in [4.78, 5) is 20.9. The molecule has 0 saturated carbocycles. The van der Waals surface area contributed by atoms with E-state index in [4.69, 9.17) is 5.11 Å². The molecular weight excluding hydrogens is 250 g/mol. The van der Waals surface area contributed by atoms with Crippen LogP contribution < -0.4 is 4.90 Å². The molecule has 0 spiro atoms. The summed E-state index contributed by atoms with van der Waals surface area (Å²) in [5.41, 5.74) is 1.22. The maximum absolute atomic E-state index is 10.8. The zero-order valence-corrected chi connectivity index (χ0v) is 10.7.